The van der Waals surface area contributed by atoms with E-state index in [0.717, 1.165) is 19.3 Å². The highest BCUT2D eigenvalue weighted by Gasteiger charge is 2.10. The maximum atomic E-state index is 10.7. The van der Waals surface area contributed by atoms with Crippen molar-refractivity contribution in [2.24, 2.45) is 0 Å². The van der Waals surface area contributed by atoms with Crippen LogP contribution in [-0.2, 0) is 9.53 Å². The van der Waals surface area contributed by atoms with E-state index in [0.29, 0.717) is 0 Å². The summed E-state index contributed by atoms with van der Waals surface area (Å²) in [7, 11) is 0. The lowest BCUT2D eigenvalue weighted by molar-refractivity contribution is -0.152. The normalized spacial score (nSPS) is 12.5. The van der Waals surface area contributed by atoms with Crippen LogP contribution in [0.4, 0.5) is 0 Å². The van der Waals surface area contributed by atoms with Gasteiger partial charge < -0.3 is 9.84 Å². The smallest absolute Gasteiger partial charge is 0.332 e. The third-order valence-corrected chi connectivity index (χ3v) is 2.01. The maximum Gasteiger partial charge on any atom is 0.332 e. The molecule has 3 nitrogen and oxygen atoms in total. The summed E-state index contributed by atoms with van der Waals surface area (Å²) in [5, 5.41) is 8.48. The molecule has 0 saturated carbocycles. The fraction of sp³-hybridized carbons (Fsp3) is 0.900. The van der Waals surface area contributed by atoms with Crippen LogP contribution in [0.1, 0.15) is 46.0 Å². The monoisotopic (exact) mass is 188 g/mol. The topological polar surface area (TPSA) is 46.5 Å². The number of aliphatic hydroxyl groups excluding tert-OH is 1. The van der Waals surface area contributed by atoms with Gasteiger partial charge in [0.1, 0.15) is 12.7 Å². The first-order chi connectivity index (χ1) is 6.24. The molecule has 0 fully saturated rings. The molecule has 0 rings (SSSR count). The van der Waals surface area contributed by atoms with Crippen LogP contribution in [0.5, 0.6) is 0 Å². The van der Waals surface area contributed by atoms with E-state index >= 15 is 0 Å². The second-order valence-corrected chi connectivity index (χ2v) is 3.17. The number of aliphatic hydroxyl groups is 1. The molecular weight excluding hydrogens is 168 g/mol. The Hall–Kier alpha value is -0.570. The van der Waals surface area contributed by atoms with Gasteiger partial charge in [0.05, 0.1) is 0 Å². The van der Waals surface area contributed by atoms with E-state index in [9.17, 15) is 4.79 Å². The van der Waals surface area contributed by atoms with Crippen LogP contribution in [0.2, 0.25) is 0 Å². The number of hydrogen-bond acceptors (Lipinski definition) is 3. The van der Waals surface area contributed by atoms with Crippen LogP contribution in [0.3, 0.4) is 0 Å². The minimum Gasteiger partial charge on any atom is -0.461 e. The molecule has 0 amide bonds. The summed E-state index contributed by atoms with van der Waals surface area (Å²) in [6.07, 6.45) is 5.17. The van der Waals surface area contributed by atoms with E-state index in [1.54, 1.807) is 0 Å². The average Bonchev–Trinajstić information content (AvgIpc) is 2.16. The summed E-state index contributed by atoms with van der Waals surface area (Å²) in [5.41, 5.74) is 0. The van der Waals surface area contributed by atoms with Gasteiger partial charge in [-0.3, -0.25) is 0 Å². The molecule has 1 unspecified atom stereocenters. The average molecular weight is 188 g/mol. The predicted molar refractivity (Wildman–Crippen MR) is 51.4 cm³/mol. The van der Waals surface area contributed by atoms with Gasteiger partial charge in [-0.2, -0.15) is 0 Å². The summed E-state index contributed by atoms with van der Waals surface area (Å²) in [6.45, 7) is 3.62. The number of esters is 1. The van der Waals surface area contributed by atoms with Gasteiger partial charge in [-0.05, 0) is 19.3 Å². The van der Waals surface area contributed by atoms with Gasteiger partial charge in [0, 0.05) is 0 Å². The second kappa shape index (κ2) is 8.05. The van der Waals surface area contributed by atoms with Crippen molar-refractivity contribution in [2.75, 3.05) is 6.61 Å². The van der Waals surface area contributed by atoms with Crippen LogP contribution in [0.15, 0.2) is 0 Å². The molecule has 0 heterocycles. The zero-order valence-corrected chi connectivity index (χ0v) is 8.58. The predicted octanol–water partition coefficient (Wildman–Crippen LogP) is 1.88. The fourth-order valence-electron chi connectivity index (χ4n) is 1.19. The number of hydrogen-bond donors (Lipinski definition) is 1. The third kappa shape index (κ3) is 6.58. The Morgan fingerprint density at radius 1 is 1.38 bits per heavy atom. The second-order valence-electron chi connectivity index (χ2n) is 3.17. The van der Waals surface area contributed by atoms with Crippen LogP contribution in [0, 0.1) is 0 Å². The fourth-order valence-corrected chi connectivity index (χ4v) is 1.19. The Balaban J connectivity index is 3.56. The molecule has 3 heteroatoms. The number of carbonyl (C=O) groups excluding carboxylic acids is 1. The van der Waals surface area contributed by atoms with Crippen LogP contribution in [-0.4, -0.2) is 23.8 Å². The molecule has 0 bridgehead atoms. The molecule has 13 heavy (non-hydrogen) atoms. The zero-order chi connectivity index (χ0) is 10.1. The Morgan fingerprint density at radius 3 is 2.54 bits per heavy atom. The Bertz CT molecular complexity index is 134. The molecular formula is C10H20O3. The largest absolute Gasteiger partial charge is 0.461 e. The third-order valence-electron chi connectivity index (χ3n) is 2.01. The van der Waals surface area contributed by atoms with Gasteiger partial charge in [0.25, 0.3) is 0 Å². The number of carbonyl (C=O) groups is 1. The molecule has 0 aliphatic rings. The van der Waals surface area contributed by atoms with Gasteiger partial charge in [-0.1, -0.05) is 26.7 Å². The molecule has 0 aromatic heterocycles. The van der Waals surface area contributed by atoms with Gasteiger partial charge in [0.15, 0.2) is 0 Å². The van der Waals surface area contributed by atoms with E-state index in [1.807, 2.05) is 6.92 Å². The Labute approximate surface area is 80.1 Å². The van der Waals surface area contributed by atoms with Crippen molar-refractivity contribution >= 4 is 5.97 Å². The minimum atomic E-state index is -0.511. The van der Waals surface area contributed by atoms with Crippen molar-refractivity contribution in [2.45, 2.75) is 52.1 Å². The minimum absolute atomic E-state index is 0.00815. The first-order valence-corrected chi connectivity index (χ1v) is 5.04. The summed E-state index contributed by atoms with van der Waals surface area (Å²) >= 11 is 0. The van der Waals surface area contributed by atoms with Gasteiger partial charge in [-0.25, -0.2) is 4.79 Å². The summed E-state index contributed by atoms with van der Waals surface area (Å²) < 4.78 is 5.01. The summed E-state index contributed by atoms with van der Waals surface area (Å²) in [6, 6.07) is 0. The molecule has 0 aromatic carbocycles. The van der Waals surface area contributed by atoms with Crippen molar-refractivity contribution < 1.29 is 14.6 Å². The van der Waals surface area contributed by atoms with Gasteiger partial charge >= 0.3 is 5.97 Å². The highest BCUT2D eigenvalue weighted by atomic mass is 16.6. The molecule has 78 valence electrons. The highest BCUT2D eigenvalue weighted by molar-refractivity contribution is 5.70. The molecule has 1 atom stereocenters. The van der Waals surface area contributed by atoms with Crippen molar-refractivity contribution in [3.8, 4) is 0 Å². The molecule has 0 aliphatic carbocycles. The van der Waals surface area contributed by atoms with Crippen molar-refractivity contribution in [1.82, 2.24) is 0 Å². The quantitative estimate of drug-likeness (QED) is 0.490. The molecule has 0 radical (unpaired) electrons. The number of ether oxygens (including phenoxy) is 1. The van der Waals surface area contributed by atoms with E-state index in [1.165, 1.54) is 12.8 Å². The lowest BCUT2D eigenvalue weighted by Crippen LogP contribution is -2.19. The summed E-state index contributed by atoms with van der Waals surface area (Å²) in [5.74, 6) is -0.511. The molecule has 0 spiro atoms. The summed E-state index contributed by atoms with van der Waals surface area (Å²) in [4.78, 5) is 10.7. The standard InChI is InChI=1S/C10H20O3/c1-3-5-6-7-9(4-2)13-10(12)8-11/h9,11H,3-8H2,1-2H3. The van der Waals surface area contributed by atoms with E-state index in [4.69, 9.17) is 9.84 Å². The van der Waals surface area contributed by atoms with Crippen molar-refractivity contribution in [3.05, 3.63) is 0 Å². The van der Waals surface area contributed by atoms with Gasteiger partial charge in [-0.15, -0.1) is 0 Å². The van der Waals surface area contributed by atoms with E-state index in [-0.39, 0.29) is 6.10 Å². The van der Waals surface area contributed by atoms with Gasteiger partial charge in [0.2, 0.25) is 0 Å². The Morgan fingerprint density at radius 2 is 2.08 bits per heavy atom. The first kappa shape index (κ1) is 12.4. The molecule has 0 aromatic rings. The lowest BCUT2D eigenvalue weighted by atomic mass is 10.1. The highest BCUT2D eigenvalue weighted by Crippen LogP contribution is 2.09. The van der Waals surface area contributed by atoms with Crippen LogP contribution < -0.4 is 0 Å². The maximum absolute atomic E-state index is 10.7. The van der Waals surface area contributed by atoms with E-state index < -0.39 is 12.6 Å². The Kier molecular flexibility index (Phi) is 7.69. The molecule has 0 aliphatic heterocycles. The lowest BCUT2D eigenvalue weighted by Gasteiger charge is -2.14. The number of unbranched alkanes of at least 4 members (excludes halogenated alkanes) is 2. The molecule has 1 N–H and O–H groups in total. The van der Waals surface area contributed by atoms with Crippen molar-refractivity contribution in [1.29, 1.82) is 0 Å². The number of rotatable bonds is 7. The van der Waals surface area contributed by atoms with Crippen LogP contribution in [0.25, 0.3) is 0 Å². The first-order valence-electron chi connectivity index (χ1n) is 5.04. The SMILES string of the molecule is CCCCCC(CC)OC(=O)CO. The van der Waals surface area contributed by atoms with Crippen molar-refractivity contribution in [3.63, 3.8) is 0 Å². The van der Waals surface area contributed by atoms with Crippen LogP contribution >= 0.6 is 0 Å². The van der Waals surface area contributed by atoms with E-state index in [2.05, 4.69) is 6.92 Å². The zero-order valence-electron chi connectivity index (χ0n) is 8.58. The molecule has 0 saturated heterocycles.